The summed E-state index contributed by atoms with van der Waals surface area (Å²) in [5.74, 6) is -1.93. The van der Waals surface area contributed by atoms with Crippen molar-refractivity contribution in [3.05, 3.63) is 130 Å². The van der Waals surface area contributed by atoms with Gasteiger partial charge in [0, 0.05) is 54.6 Å². The standard InChI is InChI=1S/C35H33N3O7/c1-38(16-14-26-6-2-3-15-36-26)20-28-19-31(23-10-8-22(21-39)9-11-23)44-35(43-28)25-5-4-7-27(17-25)37-32(40)24-12-13-29-30(18-24)34(42)45-33(29)41/h2-13,15,17-18,28,31,35,39H,14,16,19-21H2,1H3,(H,37,40)/t28-,31+,35?/m0/s1. The maximum Gasteiger partial charge on any atom is 0.346 e. The molecule has 230 valence electrons. The summed E-state index contributed by atoms with van der Waals surface area (Å²) in [6.45, 7) is 1.46. The van der Waals surface area contributed by atoms with Crippen LogP contribution >= 0.6 is 0 Å². The van der Waals surface area contributed by atoms with Gasteiger partial charge in [0.05, 0.1) is 29.9 Å². The van der Waals surface area contributed by atoms with Crippen LogP contribution < -0.4 is 5.32 Å². The number of carbonyl (C=O) groups is 3. The number of aromatic nitrogens is 1. The van der Waals surface area contributed by atoms with Gasteiger partial charge >= 0.3 is 11.9 Å². The Morgan fingerprint density at radius 1 is 0.933 bits per heavy atom. The third-order valence-corrected chi connectivity index (χ3v) is 7.93. The van der Waals surface area contributed by atoms with Crippen molar-refractivity contribution in [2.75, 3.05) is 25.5 Å². The summed E-state index contributed by atoms with van der Waals surface area (Å²) in [7, 11) is 2.06. The van der Waals surface area contributed by atoms with E-state index >= 15 is 0 Å². The lowest BCUT2D eigenvalue weighted by molar-refractivity contribution is -0.252. The summed E-state index contributed by atoms with van der Waals surface area (Å²) in [6, 6.07) is 25.1. The average molecular weight is 608 g/mol. The predicted molar refractivity (Wildman–Crippen MR) is 164 cm³/mol. The van der Waals surface area contributed by atoms with Crippen LogP contribution in [0.2, 0.25) is 0 Å². The molecule has 10 nitrogen and oxygen atoms in total. The largest absolute Gasteiger partial charge is 0.392 e. The fraction of sp³-hybridized carbons (Fsp3) is 0.257. The second kappa shape index (κ2) is 13.5. The fourth-order valence-corrected chi connectivity index (χ4v) is 5.52. The van der Waals surface area contributed by atoms with Crippen LogP contribution in [-0.4, -0.2) is 59.1 Å². The number of aliphatic hydroxyl groups is 1. The summed E-state index contributed by atoms with van der Waals surface area (Å²) in [5.41, 5.74) is 4.52. The van der Waals surface area contributed by atoms with Crippen LogP contribution in [0, 0.1) is 0 Å². The van der Waals surface area contributed by atoms with Crippen molar-refractivity contribution in [3.63, 3.8) is 0 Å². The molecule has 3 atom stereocenters. The number of anilines is 1. The molecule has 4 aromatic rings. The van der Waals surface area contributed by atoms with Crippen LogP contribution in [-0.2, 0) is 27.2 Å². The first kappa shape index (κ1) is 30.3. The van der Waals surface area contributed by atoms with Gasteiger partial charge in [-0.15, -0.1) is 0 Å². The topological polar surface area (TPSA) is 127 Å². The van der Waals surface area contributed by atoms with Gasteiger partial charge in [-0.25, -0.2) is 9.59 Å². The van der Waals surface area contributed by atoms with Crippen LogP contribution in [0.3, 0.4) is 0 Å². The van der Waals surface area contributed by atoms with Gasteiger partial charge in [-0.05, 0) is 60.6 Å². The minimum atomic E-state index is -0.768. The molecule has 1 amide bonds. The number of rotatable bonds is 10. The van der Waals surface area contributed by atoms with Crippen molar-refractivity contribution >= 4 is 23.5 Å². The van der Waals surface area contributed by atoms with E-state index in [1.54, 1.807) is 18.3 Å². The quantitative estimate of drug-likeness (QED) is 0.192. The molecule has 2 aliphatic heterocycles. The van der Waals surface area contributed by atoms with E-state index in [1.807, 2.05) is 54.6 Å². The number of likely N-dealkylation sites (N-methyl/N-ethyl adjacent to an activating group) is 1. The number of nitrogens with one attached hydrogen (secondary N) is 1. The highest BCUT2D eigenvalue weighted by molar-refractivity contribution is 6.16. The molecule has 0 radical (unpaired) electrons. The number of fused-ring (bicyclic) bond motifs is 1. The lowest BCUT2D eigenvalue weighted by Crippen LogP contribution is -2.38. The zero-order chi connectivity index (χ0) is 31.3. The van der Waals surface area contributed by atoms with E-state index in [4.69, 9.17) is 9.47 Å². The summed E-state index contributed by atoms with van der Waals surface area (Å²) < 4.78 is 17.6. The second-order valence-electron chi connectivity index (χ2n) is 11.2. The van der Waals surface area contributed by atoms with Crippen molar-refractivity contribution in [2.24, 2.45) is 0 Å². The zero-order valence-corrected chi connectivity index (χ0v) is 24.7. The minimum absolute atomic E-state index is 0.0343. The molecule has 3 aromatic carbocycles. The number of pyridine rings is 1. The highest BCUT2D eigenvalue weighted by atomic mass is 16.7. The summed E-state index contributed by atoms with van der Waals surface area (Å²) in [6.07, 6.45) is 2.16. The zero-order valence-electron chi connectivity index (χ0n) is 24.7. The maximum atomic E-state index is 13.1. The molecule has 2 aliphatic rings. The Balaban J connectivity index is 1.18. The number of aliphatic hydroxyl groups excluding tert-OH is 1. The number of ether oxygens (including phenoxy) is 3. The van der Waals surface area contributed by atoms with Gasteiger partial charge in [0.15, 0.2) is 6.29 Å². The number of hydrogen-bond donors (Lipinski definition) is 2. The van der Waals surface area contributed by atoms with Crippen molar-refractivity contribution in [1.29, 1.82) is 0 Å². The lowest BCUT2D eigenvalue weighted by Gasteiger charge is -2.38. The van der Waals surface area contributed by atoms with E-state index in [-0.39, 0.29) is 35.5 Å². The number of cyclic esters (lactones) is 2. The van der Waals surface area contributed by atoms with Gasteiger partial charge < -0.3 is 29.5 Å². The Labute approximate surface area is 260 Å². The van der Waals surface area contributed by atoms with E-state index < -0.39 is 24.1 Å². The fourth-order valence-electron chi connectivity index (χ4n) is 5.52. The Morgan fingerprint density at radius 3 is 2.53 bits per heavy atom. The Bertz CT molecular complexity index is 1690. The molecule has 3 heterocycles. The van der Waals surface area contributed by atoms with Crippen LogP contribution in [0.5, 0.6) is 0 Å². The number of benzene rings is 3. The van der Waals surface area contributed by atoms with Crippen molar-refractivity contribution in [2.45, 2.75) is 37.9 Å². The normalized spacial score (nSPS) is 19.3. The molecule has 1 unspecified atom stereocenters. The lowest BCUT2D eigenvalue weighted by atomic mass is 9.99. The summed E-state index contributed by atoms with van der Waals surface area (Å²) in [5, 5.41) is 12.4. The molecule has 45 heavy (non-hydrogen) atoms. The van der Waals surface area contributed by atoms with Crippen LogP contribution in [0.1, 0.15) is 72.3 Å². The number of amides is 1. The molecule has 2 N–H and O–H groups in total. The van der Waals surface area contributed by atoms with Gasteiger partial charge in [0.25, 0.3) is 5.91 Å². The van der Waals surface area contributed by atoms with Crippen LogP contribution in [0.15, 0.2) is 91.1 Å². The monoisotopic (exact) mass is 607 g/mol. The molecule has 10 heteroatoms. The molecule has 1 saturated heterocycles. The van der Waals surface area contributed by atoms with E-state index in [1.165, 1.54) is 18.2 Å². The molecule has 0 bridgehead atoms. The summed E-state index contributed by atoms with van der Waals surface area (Å²) >= 11 is 0. The molecular formula is C35H33N3O7. The second-order valence-corrected chi connectivity index (χ2v) is 11.2. The first-order valence-electron chi connectivity index (χ1n) is 14.8. The Hall–Kier alpha value is -4.74. The van der Waals surface area contributed by atoms with Gasteiger partial charge in [-0.1, -0.05) is 42.5 Å². The predicted octanol–water partition coefficient (Wildman–Crippen LogP) is 4.86. The number of esters is 2. The molecular weight excluding hydrogens is 574 g/mol. The molecule has 0 saturated carbocycles. The van der Waals surface area contributed by atoms with Gasteiger partial charge in [0.2, 0.25) is 0 Å². The van der Waals surface area contributed by atoms with E-state index in [2.05, 4.69) is 27.0 Å². The molecule has 0 spiro atoms. The van der Waals surface area contributed by atoms with Gasteiger partial charge in [-0.2, -0.15) is 0 Å². The highest BCUT2D eigenvalue weighted by Crippen LogP contribution is 2.38. The van der Waals surface area contributed by atoms with Crippen molar-refractivity contribution < 1.29 is 33.7 Å². The smallest absolute Gasteiger partial charge is 0.346 e. The van der Waals surface area contributed by atoms with E-state index in [9.17, 15) is 19.5 Å². The number of carbonyl (C=O) groups excluding carboxylic acids is 3. The minimum Gasteiger partial charge on any atom is -0.392 e. The van der Waals surface area contributed by atoms with Crippen LogP contribution in [0.4, 0.5) is 5.69 Å². The number of nitrogens with zero attached hydrogens (tertiary/aromatic N) is 2. The molecule has 1 aromatic heterocycles. The van der Waals surface area contributed by atoms with Crippen LogP contribution in [0.25, 0.3) is 0 Å². The molecule has 6 rings (SSSR count). The molecule has 0 aliphatic carbocycles. The first-order chi connectivity index (χ1) is 21.9. The Kier molecular flexibility index (Phi) is 9.08. The first-order valence-corrected chi connectivity index (χ1v) is 14.8. The van der Waals surface area contributed by atoms with Gasteiger partial charge in [0.1, 0.15) is 0 Å². The third-order valence-electron chi connectivity index (χ3n) is 7.93. The van der Waals surface area contributed by atoms with E-state index in [0.717, 1.165) is 35.3 Å². The van der Waals surface area contributed by atoms with Gasteiger partial charge in [-0.3, -0.25) is 9.78 Å². The van der Waals surface area contributed by atoms with Crippen molar-refractivity contribution in [1.82, 2.24) is 9.88 Å². The number of hydrogen-bond acceptors (Lipinski definition) is 9. The van der Waals surface area contributed by atoms with Crippen molar-refractivity contribution in [3.8, 4) is 0 Å². The van der Waals surface area contributed by atoms with E-state index in [0.29, 0.717) is 18.7 Å². The maximum absolute atomic E-state index is 13.1. The summed E-state index contributed by atoms with van der Waals surface area (Å²) in [4.78, 5) is 43.5. The Morgan fingerprint density at radius 2 is 1.76 bits per heavy atom. The average Bonchev–Trinajstić information content (AvgIpc) is 3.36. The third kappa shape index (κ3) is 7.16. The molecule has 1 fully saturated rings. The SMILES string of the molecule is CN(CCc1ccccn1)C[C@@H]1C[C@H](c2ccc(CO)cc2)OC(c2cccc(NC(=O)c3ccc4c(c3)C(=O)OC4=O)c2)O1. The highest BCUT2D eigenvalue weighted by Gasteiger charge is 2.33.